The Hall–Kier alpha value is -1.56. The van der Waals surface area contributed by atoms with Crippen LogP contribution in [0.2, 0.25) is 0 Å². The van der Waals surface area contributed by atoms with E-state index in [-0.39, 0.29) is 18.3 Å². The van der Waals surface area contributed by atoms with Crippen LogP contribution in [-0.4, -0.2) is 19.1 Å². The minimum absolute atomic E-state index is 0. The van der Waals surface area contributed by atoms with Gasteiger partial charge in [0.25, 0.3) is 5.91 Å². The van der Waals surface area contributed by atoms with Crippen molar-refractivity contribution in [3.63, 3.8) is 0 Å². The first-order chi connectivity index (χ1) is 11.1. The lowest BCUT2D eigenvalue weighted by atomic mass is 9.82. The van der Waals surface area contributed by atoms with Crippen LogP contribution in [0.4, 0.5) is 5.69 Å². The Morgan fingerprint density at radius 2 is 1.62 bits per heavy atom. The normalized spacial score (nSPS) is 16.0. The van der Waals surface area contributed by atoms with E-state index in [1.807, 2.05) is 12.1 Å². The fraction of sp³-hybridized carbons (Fsp3) is 0.278. The average molecular weight is 412 g/mol. The van der Waals surface area contributed by atoms with Crippen LogP contribution in [0.5, 0.6) is 0 Å². The summed E-state index contributed by atoms with van der Waals surface area (Å²) in [6, 6.07) is 15.1. The summed E-state index contributed by atoms with van der Waals surface area (Å²) in [7, 11) is 0. The van der Waals surface area contributed by atoms with Crippen molar-refractivity contribution in [3.05, 3.63) is 64.1 Å². The number of nitrogens with one attached hydrogen (secondary N) is 1. The lowest BCUT2D eigenvalue weighted by Crippen LogP contribution is -2.49. The quantitative estimate of drug-likeness (QED) is 0.753. The SMILES string of the molecule is Cl.Nc1ccc(C(=O)NC2(c3ccc(Br)cc3)CCOCC2)cc1. The van der Waals surface area contributed by atoms with Gasteiger partial charge in [0.05, 0.1) is 5.54 Å². The van der Waals surface area contributed by atoms with Crippen LogP contribution in [0.3, 0.4) is 0 Å². The second-order valence-electron chi connectivity index (χ2n) is 5.78. The van der Waals surface area contributed by atoms with Gasteiger partial charge in [-0.05, 0) is 54.8 Å². The van der Waals surface area contributed by atoms with E-state index in [9.17, 15) is 4.79 Å². The number of benzene rings is 2. The first-order valence-corrected chi connectivity index (χ1v) is 8.40. The molecule has 0 atom stereocenters. The fourth-order valence-electron chi connectivity index (χ4n) is 2.90. The van der Waals surface area contributed by atoms with E-state index in [1.54, 1.807) is 24.3 Å². The highest BCUT2D eigenvalue weighted by atomic mass is 79.9. The van der Waals surface area contributed by atoms with Gasteiger partial charge in [-0.15, -0.1) is 12.4 Å². The zero-order valence-electron chi connectivity index (χ0n) is 13.1. The van der Waals surface area contributed by atoms with E-state index in [0.717, 1.165) is 22.9 Å². The fourth-order valence-corrected chi connectivity index (χ4v) is 3.16. The third kappa shape index (κ3) is 4.09. The van der Waals surface area contributed by atoms with Crippen LogP contribution in [-0.2, 0) is 10.3 Å². The third-order valence-corrected chi connectivity index (χ3v) is 4.80. The maximum Gasteiger partial charge on any atom is 0.251 e. The Labute approximate surface area is 156 Å². The molecular formula is C18H20BrClN2O2. The van der Waals surface area contributed by atoms with Crippen molar-refractivity contribution in [1.82, 2.24) is 5.32 Å². The lowest BCUT2D eigenvalue weighted by Gasteiger charge is -2.38. The predicted molar refractivity (Wildman–Crippen MR) is 101 cm³/mol. The van der Waals surface area contributed by atoms with Gasteiger partial charge in [0, 0.05) is 28.9 Å². The van der Waals surface area contributed by atoms with Crippen molar-refractivity contribution < 1.29 is 9.53 Å². The van der Waals surface area contributed by atoms with Crippen LogP contribution in [0.25, 0.3) is 0 Å². The molecule has 2 aromatic carbocycles. The molecular weight excluding hydrogens is 392 g/mol. The first kappa shape index (κ1) is 18.8. The van der Waals surface area contributed by atoms with E-state index >= 15 is 0 Å². The first-order valence-electron chi connectivity index (χ1n) is 7.61. The Kier molecular flexibility index (Phi) is 6.27. The second-order valence-corrected chi connectivity index (χ2v) is 6.69. The molecule has 0 aromatic heterocycles. The molecule has 0 bridgehead atoms. The average Bonchev–Trinajstić information content (AvgIpc) is 2.57. The van der Waals surface area contributed by atoms with E-state index < -0.39 is 5.54 Å². The molecule has 128 valence electrons. The molecule has 0 unspecified atom stereocenters. The molecule has 1 heterocycles. The summed E-state index contributed by atoms with van der Waals surface area (Å²) < 4.78 is 6.52. The van der Waals surface area contributed by atoms with Gasteiger partial charge >= 0.3 is 0 Å². The van der Waals surface area contributed by atoms with Gasteiger partial charge in [-0.25, -0.2) is 0 Å². The molecule has 3 rings (SSSR count). The zero-order valence-corrected chi connectivity index (χ0v) is 15.5. The van der Waals surface area contributed by atoms with Gasteiger partial charge in [0.2, 0.25) is 0 Å². The highest BCUT2D eigenvalue weighted by Gasteiger charge is 2.36. The largest absolute Gasteiger partial charge is 0.399 e. The number of amides is 1. The molecule has 3 N–H and O–H groups in total. The van der Waals surface area contributed by atoms with Gasteiger partial charge in [-0.2, -0.15) is 0 Å². The molecule has 1 aliphatic heterocycles. The smallest absolute Gasteiger partial charge is 0.251 e. The molecule has 1 fully saturated rings. The molecule has 0 radical (unpaired) electrons. The number of hydrogen-bond donors (Lipinski definition) is 2. The number of halogens is 2. The summed E-state index contributed by atoms with van der Waals surface area (Å²) >= 11 is 3.46. The maximum absolute atomic E-state index is 12.7. The standard InChI is InChI=1S/C18H19BrN2O2.ClH/c19-15-5-3-14(4-6-15)18(9-11-23-12-10-18)21-17(22)13-1-7-16(20)8-2-13;/h1-8H,9-12,20H2,(H,21,22);1H. The van der Waals surface area contributed by atoms with Crippen LogP contribution in [0.1, 0.15) is 28.8 Å². The molecule has 4 nitrogen and oxygen atoms in total. The number of hydrogen-bond acceptors (Lipinski definition) is 3. The van der Waals surface area contributed by atoms with Crippen LogP contribution in [0, 0.1) is 0 Å². The number of carbonyl (C=O) groups is 1. The maximum atomic E-state index is 12.7. The second kappa shape index (κ2) is 8.01. The highest BCUT2D eigenvalue weighted by Crippen LogP contribution is 2.33. The number of ether oxygens (including phenoxy) is 1. The monoisotopic (exact) mass is 410 g/mol. The number of nitrogen functional groups attached to an aromatic ring is 1. The van der Waals surface area contributed by atoms with E-state index in [4.69, 9.17) is 10.5 Å². The molecule has 0 spiro atoms. The van der Waals surface area contributed by atoms with Crippen molar-refractivity contribution in [3.8, 4) is 0 Å². The third-order valence-electron chi connectivity index (χ3n) is 4.27. The van der Waals surface area contributed by atoms with Gasteiger partial charge in [-0.3, -0.25) is 4.79 Å². The molecule has 0 saturated carbocycles. The van der Waals surface area contributed by atoms with E-state index in [2.05, 4.69) is 33.4 Å². The van der Waals surface area contributed by atoms with Crippen molar-refractivity contribution in [2.75, 3.05) is 18.9 Å². The molecule has 1 saturated heterocycles. The van der Waals surface area contributed by atoms with Crippen molar-refractivity contribution in [2.24, 2.45) is 0 Å². The van der Waals surface area contributed by atoms with Crippen molar-refractivity contribution in [2.45, 2.75) is 18.4 Å². The van der Waals surface area contributed by atoms with Gasteiger partial charge in [0.1, 0.15) is 0 Å². The summed E-state index contributed by atoms with van der Waals surface area (Å²) in [6.07, 6.45) is 1.52. The summed E-state index contributed by atoms with van der Waals surface area (Å²) in [5, 5.41) is 3.23. The van der Waals surface area contributed by atoms with E-state index in [1.165, 1.54) is 0 Å². The molecule has 2 aromatic rings. The molecule has 1 aliphatic rings. The summed E-state index contributed by atoms with van der Waals surface area (Å²) in [6.45, 7) is 1.27. The minimum atomic E-state index is -0.391. The Bertz CT molecular complexity index is 683. The zero-order chi connectivity index (χ0) is 16.3. The Balaban J connectivity index is 0.00000208. The Morgan fingerprint density at radius 3 is 2.21 bits per heavy atom. The topological polar surface area (TPSA) is 64.4 Å². The van der Waals surface area contributed by atoms with Gasteiger partial charge in [-0.1, -0.05) is 28.1 Å². The molecule has 0 aliphatic carbocycles. The van der Waals surface area contributed by atoms with Crippen molar-refractivity contribution >= 4 is 39.9 Å². The van der Waals surface area contributed by atoms with Crippen molar-refractivity contribution in [1.29, 1.82) is 0 Å². The highest BCUT2D eigenvalue weighted by molar-refractivity contribution is 9.10. The minimum Gasteiger partial charge on any atom is -0.399 e. The number of carbonyl (C=O) groups excluding carboxylic acids is 1. The number of anilines is 1. The van der Waals surface area contributed by atoms with Crippen LogP contribution < -0.4 is 11.1 Å². The number of rotatable bonds is 3. The predicted octanol–water partition coefficient (Wildman–Crippen LogP) is 3.89. The molecule has 6 heteroatoms. The van der Waals surface area contributed by atoms with Gasteiger partial charge in [0.15, 0.2) is 0 Å². The van der Waals surface area contributed by atoms with Gasteiger partial charge < -0.3 is 15.8 Å². The summed E-state index contributed by atoms with van der Waals surface area (Å²) in [5.74, 6) is -0.0881. The molecule has 24 heavy (non-hydrogen) atoms. The van der Waals surface area contributed by atoms with E-state index in [0.29, 0.717) is 24.5 Å². The van der Waals surface area contributed by atoms with Crippen LogP contribution >= 0.6 is 28.3 Å². The summed E-state index contributed by atoms with van der Waals surface area (Å²) in [4.78, 5) is 12.7. The summed E-state index contributed by atoms with van der Waals surface area (Å²) in [5.41, 5.74) is 7.66. The Morgan fingerprint density at radius 1 is 1.04 bits per heavy atom. The van der Waals surface area contributed by atoms with Crippen LogP contribution in [0.15, 0.2) is 53.0 Å². The lowest BCUT2D eigenvalue weighted by molar-refractivity contribution is 0.0345. The number of nitrogens with two attached hydrogens (primary N) is 1. The molecule has 1 amide bonds.